The van der Waals surface area contributed by atoms with Crippen LogP contribution in [0.25, 0.3) is 0 Å². The third-order valence-electron chi connectivity index (χ3n) is 2.72. The van der Waals surface area contributed by atoms with E-state index in [2.05, 4.69) is 22.3 Å². The van der Waals surface area contributed by atoms with Crippen LogP contribution >= 0.6 is 0 Å². The number of nitrogens with zero attached hydrogens (tertiary/aromatic N) is 3. The maximum Gasteiger partial charge on any atom is 0.138 e. The SMILES string of the molecule is CCCn1ncnc1CC1CCCN1. The van der Waals surface area contributed by atoms with Gasteiger partial charge in [-0.1, -0.05) is 6.92 Å². The van der Waals surface area contributed by atoms with Crippen LogP contribution in [0.15, 0.2) is 6.33 Å². The van der Waals surface area contributed by atoms with E-state index in [1.54, 1.807) is 6.33 Å². The van der Waals surface area contributed by atoms with Gasteiger partial charge in [0, 0.05) is 19.0 Å². The lowest BCUT2D eigenvalue weighted by atomic mass is 10.1. The Balaban J connectivity index is 1.96. The lowest BCUT2D eigenvalue weighted by Crippen LogP contribution is -2.25. The Morgan fingerprint density at radius 1 is 1.64 bits per heavy atom. The van der Waals surface area contributed by atoms with Crippen molar-refractivity contribution < 1.29 is 0 Å². The van der Waals surface area contributed by atoms with Crippen LogP contribution < -0.4 is 5.32 Å². The summed E-state index contributed by atoms with van der Waals surface area (Å²) >= 11 is 0. The minimum Gasteiger partial charge on any atom is -0.314 e. The molecule has 1 aromatic heterocycles. The van der Waals surface area contributed by atoms with E-state index in [1.807, 2.05) is 4.68 Å². The van der Waals surface area contributed by atoms with Gasteiger partial charge >= 0.3 is 0 Å². The van der Waals surface area contributed by atoms with E-state index >= 15 is 0 Å². The second-order valence-corrected chi connectivity index (χ2v) is 3.90. The first-order valence-electron chi connectivity index (χ1n) is 5.50. The van der Waals surface area contributed by atoms with E-state index in [0.29, 0.717) is 6.04 Å². The number of aromatic nitrogens is 3. The van der Waals surface area contributed by atoms with E-state index < -0.39 is 0 Å². The highest BCUT2D eigenvalue weighted by atomic mass is 15.3. The molecule has 2 heterocycles. The highest BCUT2D eigenvalue weighted by molar-refractivity contribution is 4.91. The summed E-state index contributed by atoms with van der Waals surface area (Å²) in [5.41, 5.74) is 0. The van der Waals surface area contributed by atoms with E-state index in [4.69, 9.17) is 0 Å². The molecule has 0 amide bonds. The van der Waals surface area contributed by atoms with Crippen molar-refractivity contribution in [1.82, 2.24) is 20.1 Å². The molecule has 1 N–H and O–H groups in total. The lowest BCUT2D eigenvalue weighted by Gasteiger charge is -2.10. The monoisotopic (exact) mass is 194 g/mol. The number of nitrogens with one attached hydrogen (secondary N) is 1. The second kappa shape index (κ2) is 4.55. The first kappa shape index (κ1) is 9.65. The summed E-state index contributed by atoms with van der Waals surface area (Å²) < 4.78 is 2.03. The third-order valence-corrected chi connectivity index (χ3v) is 2.72. The van der Waals surface area contributed by atoms with Gasteiger partial charge in [-0.2, -0.15) is 5.10 Å². The van der Waals surface area contributed by atoms with Crippen molar-refractivity contribution in [3.63, 3.8) is 0 Å². The molecule has 0 aromatic carbocycles. The fourth-order valence-corrected chi connectivity index (χ4v) is 2.00. The summed E-state index contributed by atoms with van der Waals surface area (Å²) in [6.45, 7) is 4.31. The predicted octanol–water partition coefficient (Wildman–Crippen LogP) is 0.983. The number of hydrogen-bond donors (Lipinski definition) is 1. The van der Waals surface area contributed by atoms with Gasteiger partial charge in [0.25, 0.3) is 0 Å². The Bertz CT molecular complexity index is 275. The van der Waals surface area contributed by atoms with Gasteiger partial charge in [0.05, 0.1) is 0 Å². The topological polar surface area (TPSA) is 42.7 Å². The molecule has 1 saturated heterocycles. The van der Waals surface area contributed by atoms with E-state index in [1.165, 1.54) is 12.8 Å². The Morgan fingerprint density at radius 3 is 3.29 bits per heavy atom. The van der Waals surface area contributed by atoms with Crippen molar-refractivity contribution in [2.45, 2.75) is 45.2 Å². The fourth-order valence-electron chi connectivity index (χ4n) is 2.00. The van der Waals surface area contributed by atoms with Gasteiger partial charge in [0.1, 0.15) is 12.2 Å². The Labute approximate surface area is 84.7 Å². The molecule has 1 aliphatic rings. The minimum absolute atomic E-state index is 0.620. The maximum atomic E-state index is 4.31. The maximum absolute atomic E-state index is 4.31. The molecule has 1 atom stereocenters. The van der Waals surface area contributed by atoms with Crippen molar-refractivity contribution in [3.8, 4) is 0 Å². The molecule has 0 bridgehead atoms. The minimum atomic E-state index is 0.620. The van der Waals surface area contributed by atoms with Crippen LogP contribution in [0, 0.1) is 0 Å². The molecule has 1 fully saturated rings. The zero-order chi connectivity index (χ0) is 9.80. The van der Waals surface area contributed by atoms with Crippen LogP contribution in [-0.2, 0) is 13.0 Å². The number of rotatable bonds is 4. The molecular weight excluding hydrogens is 176 g/mol. The molecule has 1 aliphatic heterocycles. The largest absolute Gasteiger partial charge is 0.314 e. The highest BCUT2D eigenvalue weighted by Gasteiger charge is 2.16. The van der Waals surface area contributed by atoms with Crippen LogP contribution in [0.2, 0.25) is 0 Å². The van der Waals surface area contributed by atoms with Gasteiger partial charge in [0.15, 0.2) is 0 Å². The van der Waals surface area contributed by atoms with Crippen LogP contribution in [0.1, 0.15) is 32.0 Å². The van der Waals surface area contributed by atoms with Gasteiger partial charge in [-0.3, -0.25) is 4.68 Å². The second-order valence-electron chi connectivity index (χ2n) is 3.90. The van der Waals surface area contributed by atoms with E-state index in [9.17, 15) is 0 Å². The van der Waals surface area contributed by atoms with Crippen LogP contribution in [0.5, 0.6) is 0 Å². The zero-order valence-corrected chi connectivity index (χ0v) is 8.74. The average molecular weight is 194 g/mol. The van der Waals surface area contributed by atoms with E-state index in [-0.39, 0.29) is 0 Å². The van der Waals surface area contributed by atoms with Gasteiger partial charge in [-0.25, -0.2) is 4.98 Å². The van der Waals surface area contributed by atoms with E-state index in [0.717, 1.165) is 31.8 Å². The van der Waals surface area contributed by atoms with Crippen molar-refractivity contribution in [2.24, 2.45) is 0 Å². The quantitative estimate of drug-likeness (QED) is 0.777. The van der Waals surface area contributed by atoms with Crippen LogP contribution in [-0.4, -0.2) is 27.4 Å². The molecule has 2 rings (SSSR count). The van der Waals surface area contributed by atoms with Crippen LogP contribution in [0.3, 0.4) is 0 Å². The van der Waals surface area contributed by atoms with Crippen molar-refractivity contribution >= 4 is 0 Å². The summed E-state index contributed by atoms with van der Waals surface area (Å²) in [7, 11) is 0. The zero-order valence-electron chi connectivity index (χ0n) is 8.74. The average Bonchev–Trinajstić information content (AvgIpc) is 2.80. The summed E-state index contributed by atoms with van der Waals surface area (Å²) in [5.74, 6) is 1.13. The summed E-state index contributed by atoms with van der Waals surface area (Å²) in [4.78, 5) is 4.31. The molecule has 78 valence electrons. The smallest absolute Gasteiger partial charge is 0.138 e. The Morgan fingerprint density at radius 2 is 2.57 bits per heavy atom. The molecule has 4 nitrogen and oxygen atoms in total. The number of hydrogen-bond acceptors (Lipinski definition) is 3. The molecule has 0 spiro atoms. The summed E-state index contributed by atoms with van der Waals surface area (Å²) in [5, 5.41) is 7.71. The van der Waals surface area contributed by atoms with Gasteiger partial charge in [0.2, 0.25) is 0 Å². The first-order valence-corrected chi connectivity index (χ1v) is 5.50. The van der Waals surface area contributed by atoms with Crippen molar-refractivity contribution in [2.75, 3.05) is 6.54 Å². The van der Waals surface area contributed by atoms with Crippen LogP contribution in [0.4, 0.5) is 0 Å². The van der Waals surface area contributed by atoms with Gasteiger partial charge < -0.3 is 5.32 Å². The Kier molecular flexibility index (Phi) is 3.14. The van der Waals surface area contributed by atoms with Gasteiger partial charge in [-0.05, 0) is 25.8 Å². The Hall–Kier alpha value is -0.900. The molecule has 1 aromatic rings. The standard InChI is InChI=1S/C10H18N4/c1-2-6-14-10(12-8-13-14)7-9-4-3-5-11-9/h8-9,11H,2-7H2,1H3. The molecule has 0 radical (unpaired) electrons. The molecular formula is C10H18N4. The molecule has 1 unspecified atom stereocenters. The molecule has 4 heteroatoms. The first-order chi connectivity index (χ1) is 6.90. The third kappa shape index (κ3) is 2.12. The fraction of sp³-hybridized carbons (Fsp3) is 0.800. The summed E-state index contributed by atoms with van der Waals surface area (Å²) in [6.07, 6.45) is 6.39. The molecule has 14 heavy (non-hydrogen) atoms. The molecule has 0 saturated carbocycles. The highest BCUT2D eigenvalue weighted by Crippen LogP contribution is 2.10. The lowest BCUT2D eigenvalue weighted by molar-refractivity contribution is 0.522. The molecule has 0 aliphatic carbocycles. The van der Waals surface area contributed by atoms with Crippen molar-refractivity contribution in [3.05, 3.63) is 12.2 Å². The number of aryl methyl sites for hydroxylation is 1. The van der Waals surface area contributed by atoms with Crippen molar-refractivity contribution in [1.29, 1.82) is 0 Å². The normalized spacial score (nSPS) is 21.6. The summed E-state index contributed by atoms with van der Waals surface area (Å²) in [6, 6.07) is 0.620. The predicted molar refractivity (Wildman–Crippen MR) is 55.0 cm³/mol. The van der Waals surface area contributed by atoms with Gasteiger partial charge in [-0.15, -0.1) is 0 Å².